The third-order valence-corrected chi connectivity index (χ3v) is 8.24. The molecule has 4 heterocycles. The van der Waals surface area contributed by atoms with Crippen molar-refractivity contribution in [1.82, 2.24) is 40.2 Å². The van der Waals surface area contributed by atoms with E-state index < -0.39 is 0 Å². The number of nitrogens with zero attached hydrogens (tertiary/aromatic N) is 5. The number of amides is 2. The first-order chi connectivity index (χ1) is 18.4. The smallest absolute Gasteiger partial charge is 0.260 e. The number of aromatic nitrogens is 4. The maximum atomic E-state index is 13.2. The summed E-state index contributed by atoms with van der Waals surface area (Å²) in [6, 6.07) is 0.429. The van der Waals surface area contributed by atoms with E-state index in [0.29, 0.717) is 36.0 Å². The molecule has 1 unspecified atom stereocenters. The summed E-state index contributed by atoms with van der Waals surface area (Å²) < 4.78 is 8.69. The number of fused-ring (bicyclic) bond motifs is 1. The van der Waals surface area contributed by atoms with E-state index in [4.69, 9.17) is 4.74 Å². The van der Waals surface area contributed by atoms with Crippen LogP contribution in [-0.2, 0) is 16.6 Å². The van der Waals surface area contributed by atoms with Crippen molar-refractivity contribution in [3.8, 4) is 10.4 Å². The minimum absolute atomic E-state index is 0.154. The summed E-state index contributed by atoms with van der Waals surface area (Å²) in [7, 11) is 3.58. The summed E-state index contributed by atoms with van der Waals surface area (Å²) in [6.45, 7) is 4.81. The zero-order valence-electron chi connectivity index (χ0n) is 21.9. The van der Waals surface area contributed by atoms with Crippen molar-refractivity contribution < 1.29 is 14.3 Å². The first-order valence-corrected chi connectivity index (χ1v) is 13.7. The number of aryl methyl sites for hydroxylation is 1. The van der Waals surface area contributed by atoms with Gasteiger partial charge in [-0.3, -0.25) is 19.2 Å². The lowest BCUT2D eigenvalue weighted by Gasteiger charge is -2.37. The van der Waals surface area contributed by atoms with Crippen LogP contribution in [0.25, 0.3) is 15.3 Å². The molecule has 0 bridgehead atoms. The molecule has 1 aliphatic carbocycles. The van der Waals surface area contributed by atoms with Crippen molar-refractivity contribution in [3.63, 3.8) is 0 Å². The first-order valence-electron chi connectivity index (χ1n) is 12.9. The quantitative estimate of drug-likeness (QED) is 0.341. The van der Waals surface area contributed by atoms with Crippen LogP contribution in [0.1, 0.15) is 36.5 Å². The van der Waals surface area contributed by atoms with Crippen LogP contribution in [0.5, 0.6) is 0 Å². The van der Waals surface area contributed by atoms with Gasteiger partial charge in [0.25, 0.3) is 11.8 Å². The number of carbonyl (C=O) groups excluding carboxylic acids is 2. The van der Waals surface area contributed by atoms with Crippen LogP contribution in [0.15, 0.2) is 48.3 Å². The molecular weight excluding hydrogens is 504 g/mol. The van der Waals surface area contributed by atoms with E-state index in [1.54, 1.807) is 41.0 Å². The fraction of sp³-hybridized carbons (Fsp3) is 0.462. The topological polar surface area (TPSA) is 118 Å². The van der Waals surface area contributed by atoms with Gasteiger partial charge in [0.2, 0.25) is 0 Å². The average Bonchev–Trinajstić information content (AvgIpc) is 3.58. The Morgan fingerprint density at radius 1 is 1.21 bits per heavy atom. The number of dihydropyridines is 1. The molecule has 11 nitrogen and oxygen atoms in total. The van der Waals surface area contributed by atoms with Crippen LogP contribution in [0, 0.1) is 0 Å². The minimum atomic E-state index is -0.268. The van der Waals surface area contributed by atoms with E-state index in [1.807, 2.05) is 26.4 Å². The largest absolute Gasteiger partial charge is 0.383 e. The molecule has 2 amide bonds. The molecule has 3 aromatic rings. The average molecular weight is 539 g/mol. The predicted octanol–water partition coefficient (Wildman–Crippen LogP) is 1.90. The van der Waals surface area contributed by atoms with Gasteiger partial charge in [-0.2, -0.15) is 10.2 Å². The Balaban J connectivity index is 1.21. The first kappa shape index (κ1) is 26.1. The Morgan fingerprint density at radius 3 is 2.76 bits per heavy atom. The van der Waals surface area contributed by atoms with E-state index in [9.17, 15) is 9.59 Å². The van der Waals surface area contributed by atoms with Gasteiger partial charge in [-0.15, -0.1) is 11.3 Å². The van der Waals surface area contributed by atoms with E-state index in [-0.39, 0.29) is 17.9 Å². The van der Waals surface area contributed by atoms with Gasteiger partial charge < -0.3 is 20.7 Å². The number of thiazole rings is 1. The lowest BCUT2D eigenvalue weighted by atomic mass is 9.91. The van der Waals surface area contributed by atoms with Crippen molar-refractivity contribution in [2.75, 3.05) is 33.4 Å². The highest BCUT2D eigenvalue weighted by atomic mass is 32.1. The maximum absolute atomic E-state index is 13.2. The molecule has 1 saturated carbocycles. The summed E-state index contributed by atoms with van der Waals surface area (Å²) in [4.78, 5) is 30.2. The Morgan fingerprint density at radius 2 is 2.05 bits per heavy atom. The molecule has 12 heteroatoms. The van der Waals surface area contributed by atoms with Gasteiger partial charge in [0.15, 0.2) is 0 Å². The number of rotatable bonds is 11. The number of ether oxygens (including phenoxy) is 1. The molecule has 3 N–H and O–H groups in total. The summed E-state index contributed by atoms with van der Waals surface area (Å²) in [5.74, 6) is -0.445. The van der Waals surface area contributed by atoms with E-state index in [2.05, 4.69) is 31.0 Å². The summed E-state index contributed by atoms with van der Waals surface area (Å²) in [6.07, 6.45) is 14.3. The van der Waals surface area contributed by atoms with Crippen LogP contribution in [0.3, 0.4) is 0 Å². The van der Waals surface area contributed by atoms with Gasteiger partial charge in [-0.1, -0.05) is 6.42 Å². The molecule has 0 radical (unpaired) electrons. The number of hydrogen-bond donors (Lipinski definition) is 3. The third-order valence-electron chi connectivity index (χ3n) is 7.07. The molecule has 2 aliphatic rings. The summed E-state index contributed by atoms with van der Waals surface area (Å²) >= 11 is 1.48. The second kappa shape index (κ2) is 11.5. The van der Waals surface area contributed by atoms with Crippen LogP contribution in [-0.4, -0.2) is 81.5 Å². The molecule has 0 spiro atoms. The van der Waals surface area contributed by atoms with Gasteiger partial charge in [-0.25, -0.2) is 4.52 Å². The van der Waals surface area contributed by atoms with Crippen molar-refractivity contribution in [2.45, 2.75) is 38.3 Å². The number of nitrogens with one attached hydrogen (secondary N) is 3. The highest BCUT2D eigenvalue weighted by molar-refractivity contribution is 7.21. The normalized spacial score (nSPS) is 17.6. The van der Waals surface area contributed by atoms with Gasteiger partial charge in [-0.05, 0) is 25.8 Å². The summed E-state index contributed by atoms with van der Waals surface area (Å²) in [5.41, 5.74) is 2.55. The van der Waals surface area contributed by atoms with Gasteiger partial charge in [0.05, 0.1) is 41.1 Å². The molecular formula is C26H34N8O3S. The van der Waals surface area contributed by atoms with Crippen molar-refractivity contribution >= 4 is 28.0 Å². The molecule has 1 atom stereocenters. The predicted molar refractivity (Wildman–Crippen MR) is 146 cm³/mol. The van der Waals surface area contributed by atoms with Crippen LogP contribution in [0.2, 0.25) is 0 Å². The van der Waals surface area contributed by atoms with Crippen LogP contribution < -0.4 is 16.0 Å². The lowest BCUT2D eigenvalue weighted by Crippen LogP contribution is -2.46. The van der Waals surface area contributed by atoms with Gasteiger partial charge in [0, 0.05) is 69.7 Å². The zero-order chi connectivity index (χ0) is 26.6. The summed E-state index contributed by atoms with van der Waals surface area (Å²) in [5, 5.41) is 17.8. The molecule has 38 heavy (non-hydrogen) atoms. The van der Waals surface area contributed by atoms with Crippen LogP contribution >= 0.6 is 11.3 Å². The van der Waals surface area contributed by atoms with E-state index in [1.165, 1.54) is 30.6 Å². The molecule has 202 valence electrons. The fourth-order valence-corrected chi connectivity index (χ4v) is 5.62. The number of hydrogen-bond acceptors (Lipinski definition) is 8. The SMILES string of the molecule is COCCN(CCNC(=O)C1=CNC(C)C(NC(=O)c2cnn3cc(-c4cnn(C)c4)sc23)=C1)C1CCC1. The van der Waals surface area contributed by atoms with Crippen molar-refractivity contribution in [1.29, 1.82) is 0 Å². The second-order valence-electron chi connectivity index (χ2n) is 9.72. The zero-order valence-corrected chi connectivity index (χ0v) is 22.8. The Labute approximate surface area is 225 Å². The third kappa shape index (κ3) is 5.66. The number of methoxy groups -OCH3 is 1. The van der Waals surface area contributed by atoms with Gasteiger partial charge >= 0.3 is 0 Å². The highest BCUT2D eigenvalue weighted by Gasteiger charge is 2.25. The van der Waals surface area contributed by atoms with Crippen molar-refractivity contribution in [3.05, 3.63) is 53.9 Å². The van der Waals surface area contributed by atoms with E-state index in [0.717, 1.165) is 28.4 Å². The molecule has 0 saturated heterocycles. The molecule has 3 aromatic heterocycles. The Hall–Kier alpha value is -3.48. The standard InChI is InChI=1S/C26H34N8O3S/c1-17-22(11-18(12-28-17)24(35)27-7-8-33(9-10-37-3)20-5-4-6-20)31-25(36)21-14-30-34-16-23(38-26(21)34)19-13-29-32(2)15-19/h11-17,20,28H,4-10H2,1-3H3,(H,27,35)(H,31,36). The molecule has 5 rings (SSSR count). The molecule has 0 aromatic carbocycles. The molecule has 1 fully saturated rings. The second-order valence-corrected chi connectivity index (χ2v) is 10.7. The van der Waals surface area contributed by atoms with Gasteiger partial charge in [0.1, 0.15) is 4.83 Å². The van der Waals surface area contributed by atoms with E-state index >= 15 is 0 Å². The highest BCUT2D eigenvalue weighted by Crippen LogP contribution is 2.30. The fourth-order valence-electron chi connectivity index (χ4n) is 4.59. The van der Waals surface area contributed by atoms with Crippen LogP contribution in [0.4, 0.5) is 0 Å². The Kier molecular flexibility index (Phi) is 7.91. The Bertz CT molecular complexity index is 1370. The monoisotopic (exact) mass is 538 g/mol. The number of carbonyl (C=O) groups is 2. The lowest BCUT2D eigenvalue weighted by molar-refractivity contribution is -0.117. The minimum Gasteiger partial charge on any atom is -0.383 e. The van der Waals surface area contributed by atoms with Crippen molar-refractivity contribution in [2.24, 2.45) is 7.05 Å². The molecule has 1 aliphatic heterocycles. The maximum Gasteiger partial charge on any atom is 0.260 e.